The third-order valence-corrected chi connectivity index (χ3v) is 1.48. The zero-order valence-corrected chi connectivity index (χ0v) is 8.19. The van der Waals surface area contributed by atoms with E-state index in [2.05, 4.69) is 12.0 Å². The predicted octanol–water partition coefficient (Wildman–Crippen LogP) is 3.03. The van der Waals surface area contributed by atoms with Crippen LogP contribution in [0.25, 0.3) is 6.08 Å². The summed E-state index contributed by atoms with van der Waals surface area (Å²) in [5.41, 5.74) is 1.21. The first-order valence-electron chi connectivity index (χ1n) is 3.53. The molecule has 64 valence electrons. The molecule has 1 nitrogen and oxygen atoms in total. The van der Waals surface area contributed by atoms with E-state index in [1.807, 2.05) is 31.4 Å². The topological polar surface area (TPSA) is 20.2 Å². The van der Waals surface area contributed by atoms with Gasteiger partial charge in [0.2, 0.25) is 0 Å². The Morgan fingerprint density at radius 2 is 2.00 bits per heavy atom. The van der Waals surface area contributed by atoms with E-state index in [9.17, 15) is 0 Å². The Hall–Kier alpha value is -0.600. The minimum atomic E-state index is 1.00. The maximum absolute atomic E-state index is 7.00. The summed E-state index contributed by atoms with van der Waals surface area (Å²) in [6.45, 7) is 7.61. The highest BCUT2D eigenvalue weighted by Crippen LogP contribution is 2.05. The van der Waals surface area contributed by atoms with E-state index in [0.717, 1.165) is 7.11 Å². The summed E-state index contributed by atoms with van der Waals surface area (Å²) in [5, 5.41) is 11.1. The summed E-state index contributed by atoms with van der Waals surface area (Å²) >= 11 is 1.69. The van der Waals surface area contributed by atoms with Crippen molar-refractivity contribution in [1.29, 1.82) is 0 Å². The van der Waals surface area contributed by atoms with Gasteiger partial charge < -0.3 is 5.11 Å². The fourth-order valence-electron chi connectivity index (χ4n) is 0.391. The molecule has 0 aliphatic rings. The SMILES string of the molecule is C=Cc1ccsc1.CC.CO. The van der Waals surface area contributed by atoms with Gasteiger partial charge in [0.05, 0.1) is 0 Å². The summed E-state index contributed by atoms with van der Waals surface area (Å²) < 4.78 is 0. The molecule has 0 aliphatic carbocycles. The first kappa shape index (κ1) is 13.0. The van der Waals surface area contributed by atoms with Crippen LogP contribution in [0.3, 0.4) is 0 Å². The van der Waals surface area contributed by atoms with Gasteiger partial charge in [0.15, 0.2) is 0 Å². The number of thiophene rings is 1. The molecular formula is C9H16OS. The van der Waals surface area contributed by atoms with E-state index < -0.39 is 0 Å². The van der Waals surface area contributed by atoms with Gasteiger partial charge in [0, 0.05) is 7.11 Å². The van der Waals surface area contributed by atoms with Gasteiger partial charge in [-0.1, -0.05) is 26.5 Å². The van der Waals surface area contributed by atoms with Crippen LogP contribution < -0.4 is 0 Å². The Balaban J connectivity index is 0. The Bertz CT molecular complexity index is 145. The van der Waals surface area contributed by atoms with Gasteiger partial charge in [0.1, 0.15) is 0 Å². The van der Waals surface area contributed by atoms with Crippen LogP contribution in [-0.2, 0) is 0 Å². The molecule has 2 heteroatoms. The van der Waals surface area contributed by atoms with Crippen LogP contribution in [0.4, 0.5) is 0 Å². The van der Waals surface area contributed by atoms with Crippen molar-refractivity contribution in [1.82, 2.24) is 0 Å². The van der Waals surface area contributed by atoms with Crippen molar-refractivity contribution < 1.29 is 5.11 Å². The standard InChI is InChI=1S/C6H6S.C2H6.CH4O/c1-2-6-3-4-7-5-6;2*1-2/h2-5H,1H2;1-2H3;2H,1H3. The van der Waals surface area contributed by atoms with E-state index in [1.165, 1.54) is 5.56 Å². The highest BCUT2D eigenvalue weighted by atomic mass is 32.1. The first-order chi connectivity index (χ1) is 5.43. The monoisotopic (exact) mass is 172 g/mol. The van der Waals surface area contributed by atoms with E-state index in [4.69, 9.17) is 5.11 Å². The van der Waals surface area contributed by atoms with E-state index in [-0.39, 0.29) is 0 Å². The summed E-state index contributed by atoms with van der Waals surface area (Å²) in [4.78, 5) is 0. The molecule has 0 atom stereocenters. The maximum Gasteiger partial charge on any atom is 0.0319 e. The lowest BCUT2D eigenvalue weighted by atomic mass is 10.3. The number of hydrogen-bond acceptors (Lipinski definition) is 2. The number of aliphatic hydroxyl groups is 1. The van der Waals surface area contributed by atoms with Crippen LogP contribution >= 0.6 is 11.3 Å². The molecule has 1 heterocycles. The second-order valence-electron chi connectivity index (χ2n) is 1.26. The third kappa shape index (κ3) is 7.30. The molecule has 1 aromatic rings. The fourth-order valence-corrected chi connectivity index (χ4v) is 1.04. The first-order valence-corrected chi connectivity index (χ1v) is 4.47. The van der Waals surface area contributed by atoms with Crippen LogP contribution in [0.5, 0.6) is 0 Å². The van der Waals surface area contributed by atoms with Crippen LogP contribution in [0.2, 0.25) is 0 Å². The highest BCUT2D eigenvalue weighted by Gasteiger charge is 1.78. The average Bonchev–Trinajstić information content (AvgIpc) is 2.63. The van der Waals surface area contributed by atoms with Gasteiger partial charge in [-0.15, -0.1) is 0 Å². The van der Waals surface area contributed by atoms with Crippen molar-refractivity contribution in [2.45, 2.75) is 13.8 Å². The molecule has 11 heavy (non-hydrogen) atoms. The van der Waals surface area contributed by atoms with Gasteiger partial charge in [-0.3, -0.25) is 0 Å². The van der Waals surface area contributed by atoms with Gasteiger partial charge in [-0.05, 0) is 22.4 Å². The average molecular weight is 172 g/mol. The molecular weight excluding hydrogens is 156 g/mol. The molecule has 0 amide bonds. The molecule has 0 bridgehead atoms. The van der Waals surface area contributed by atoms with Crippen molar-refractivity contribution in [3.8, 4) is 0 Å². The van der Waals surface area contributed by atoms with Crippen molar-refractivity contribution in [3.05, 3.63) is 29.0 Å². The van der Waals surface area contributed by atoms with Crippen LogP contribution in [0, 0.1) is 0 Å². The second-order valence-corrected chi connectivity index (χ2v) is 2.04. The van der Waals surface area contributed by atoms with Crippen molar-refractivity contribution in [2.24, 2.45) is 0 Å². The minimum absolute atomic E-state index is 1.00. The highest BCUT2D eigenvalue weighted by molar-refractivity contribution is 7.08. The zero-order valence-electron chi connectivity index (χ0n) is 7.37. The smallest absolute Gasteiger partial charge is 0.0319 e. The quantitative estimate of drug-likeness (QED) is 0.690. The molecule has 1 N–H and O–H groups in total. The summed E-state index contributed by atoms with van der Waals surface area (Å²) in [6.07, 6.45) is 1.84. The molecule has 1 rings (SSSR count). The van der Waals surface area contributed by atoms with Gasteiger partial charge >= 0.3 is 0 Å². The van der Waals surface area contributed by atoms with Crippen molar-refractivity contribution in [2.75, 3.05) is 7.11 Å². The number of rotatable bonds is 1. The lowest BCUT2D eigenvalue weighted by Crippen LogP contribution is -1.50. The molecule has 0 aromatic carbocycles. The lowest BCUT2D eigenvalue weighted by molar-refractivity contribution is 0.399. The summed E-state index contributed by atoms with van der Waals surface area (Å²) in [7, 11) is 1.00. The van der Waals surface area contributed by atoms with Crippen LogP contribution in [-0.4, -0.2) is 12.2 Å². The lowest BCUT2D eigenvalue weighted by Gasteiger charge is -1.71. The summed E-state index contributed by atoms with van der Waals surface area (Å²) in [6, 6.07) is 2.04. The minimum Gasteiger partial charge on any atom is -0.400 e. The largest absolute Gasteiger partial charge is 0.400 e. The molecule has 0 spiro atoms. The Morgan fingerprint density at radius 3 is 2.18 bits per heavy atom. The van der Waals surface area contributed by atoms with E-state index >= 15 is 0 Å². The van der Waals surface area contributed by atoms with Gasteiger partial charge in [0.25, 0.3) is 0 Å². The Labute approximate surface area is 73.0 Å². The molecule has 0 aliphatic heterocycles. The molecule has 0 fully saturated rings. The van der Waals surface area contributed by atoms with Crippen LogP contribution in [0.1, 0.15) is 19.4 Å². The van der Waals surface area contributed by atoms with Crippen LogP contribution in [0.15, 0.2) is 23.4 Å². The van der Waals surface area contributed by atoms with Crippen molar-refractivity contribution in [3.63, 3.8) is 0 Å². The Morgan fingerprint density at radius 1 is 1.45 bits per heavy atom. The van der Waals surface area contributed by atoms with Crippen molar-refractivity contribution >= 4 is 17.4 Å². The molecule has 1 aromatic heterocycles. The molecule has 0 saturated heterocycles. The van der Waals surface area contributed by atoms with Gasteiger partial charge in [-0.2, -0.15) is 11.3 Å². The normalized spacial score (nSPS) is 6.55. The summed E-state index contributed by atoms with van der Waals surface area (Å²) in [5.74, 6) is 0. The molecule has 0 saturated carbocycles. The number of aliphatic hydroxyl groups excluding tert-OH is 1. The maximum atomic E-state index is 7.00. The van der Waals surface area contributed by atoms with E-state index in [0.29, 0.717) is 0 Å². The van der Waals surface area contributed by atoms with E-state index in [1.54, 1.807) is 11.3 Å². The number of hydrogen-bond donors (Lipinski definition) is 1. The Kier molecular flexibility index (Phi) is 14.3. The fraction of sp³-hybridized carbons (Fsp3) is 0.333. The second kappa shape index (κ2) is 12.1. The zero-order chi connectivity index (χ0) is 9.11. The molecule has 0 unspecified atom stereocenters. The molecule has 0 radical (unpaired) electrons. The van der Waals surface area contributed by atoms with Gasteiger partial charge in [-0.25, -0.2) is 0 Å². The predicted molar refractivity (Wildman–Crippen MR) is 53.9 cm³/mol. The third-order valence-electron chi connectivity index (χ3n) is 0.779.